The summed E-state index contributed by atoms with van der Waals surface area (Å²) in [4.78, 5) is 2.63. The van der Waals surface area contributed by atoms with Crippen LogP contribution in [0.25, 0.3) is 0 Å². The quantitative estimate of drug-likeness (QED) is 0.711. The van der Waals surface area contributed by atoms with Gasteiger partial charge in [-0.05, 0) is 45.7 Å². The third-order valence-corrected chi connectivity index (χ3v) is 4.69. The van der Waals surface area contributed by atoms with Gasteiger partial charge in [0.25, 0.3) is 0 Å². The highest BCUT2D eigenvalue weighted by Gasteiger charge is 2.24. The Morgan fingerprint density at radius 3 is 2.33 bits per heavy atom. The molecule has 1 saturated carbocycles. The first-order chi connectivity index (χ1) is 8.72. The standard InChI is InChI=1S/C16H34N2/c1-5-10-15(17-3)16(6-2)18(4)13-14-11-8-7-9-12-14/h14-17H,5-13H2,1-4H3. The second-order valence-electron chi connectivity index (χ2n) is 6.10. The molecule has 2 nitrogen and oxygen atoms in total. The van der Waals surface area contributed by atoms with Gasteiger partial charge in [-0.15, -0.1) is 0 Å². The zero-order chi connectivity index (χ0) is 13.4. The Morgan fingerprint density at radius 1 is 1.17 bits per heavy atom. The molecule has 0 aliphatic heterocycles. The van der Waals surface area contributed by atoms with E-state index in [0.29, 0.717) is 12.1 Å². The summed E-state index contributed by atoms with van der Waals surface area (Å²) in [7, 11) is 4.46. The van der Waals surface area contributed by atoms with Crippen LogP contribution < -0.4 is 5.32 Å². The van der Waals surface area contributed by atoms with Crippen molar-refractivity contribution in [3.8, 4) is 0 Å². The molecule has 0 spiro atoms. The first-order valence-corrected chi connectivity index (χ1v) is 8.10. The maximum atomic E-state index is 3.53. The van der Waals surface area contributed by atoms with E-state index in [-0.39, 0.29) is 0 Å². The highest BCUT2D eigenvalue weighted by atomic mass is 15.2. The lowest BCUT2D eigenvalue weighted by Crippen LogP contribution is -2.48. The molecule has 1 rings (SSSR count). The lowest BCUT2D eigenvalue weighted by molar-refractivity contribution is 0.145. The molecule has 1 aliphatic carbocycles. The summed E-state index contributed by atoms with van der Waals surface area (Å²) in [6.45, 7) is 5.93. The largest absolute Gasteiger partial charge is 0.315 e. The van der Waals surface area contributed by atoms with Crippen molar-refractivity contribution in [2.45, 2.75) is 77.3 Å². The smallest absolute Gasteiger partial charge is 0.0243 e. The Labute approximate surface area is 115 Å². The molecule has 18 heavy (non-hydrogen) atoms. The lowest BCUT2D eigenvalue weighted by Gasteiger charge is -2.37. The normalized spacial score (nSPS) is 21.2. The molecule has 0 aromatic carbocycles. The maximum Gasteiger partial charge on any atom is 0.0243 e. The number of nitrogens with one attached hydrogen (secondary N) is 1. The predicted molar refractivity (Wildman–Crippen MR) is 81.0 cm³/mol. The Kier molecular flexibility index (Phi) is 7.92. The van der Waals surface area contributed by atoms with Crippen LogP contribution in [0.15, 0.2) is 0 Å². The molecule has 0 aromatic heterocycles. The third kappa shape index (κ3) is 4.89. The number of hydrogen-bond acceptors (Lipinski definition) is 2. The second-order valence-corrected chi connectivity index (χ2v) is 6.10. The SMILES string of the molecule is CCCC(NC)C(CC)N(C)CC1CCCCC1. The number of hydrogen-bond donors (Lipinski definition) is 1. The van der Waals surface area contributed by atoms with E-state index in [1.54, 1.807) is 0 Å². The van der Waals surface area contributed by atoms with Gasteiger partial charge in [-0.1, -0.05) is 39.5 Å². The van der Waals surface area contributed by atoms with Crippen molar-refractivity contribution in [3.05, 3.63) is 0 Å². The van der Waals surface area contributed by atoms with Gasteiger partial charge in [0, 0.05) is 18.6 Å². The van der Waals surface area contributed by atoms with Crippen molar-refractivity contribution in [3.63, 3.8) is 0 Å². The fourth-order valence-corrected chi connectivity index (χ4v) is 3.66. The molecule has 2 unspecified atom stereocenters. The average molecular weight is 254 g/mol. The van der Waals surface area contributed by atoms with E-state index in [1.165, 1.54) is 57.9 Å². The Hall–Kier alpha value is -0.0800. The maximum absolute atomic E-state index is 3.53. The summed E-state index contributed by atoms with van der Waals surface area (Å²) < 4.78 is 0. The molecule has 0 bridgehead atoms. The average Bonchev–Trinajstić information content (AvgIpc) is 2.39. The van der Waals surface area contributed by atoms with Crippen LogP contribution in [0.2, 0.25) is 0 Å². The first kappa shape index (κ1) is 16.0. The van der Waals surface area contributed by atoms with Gasteiger partial charge < -0.3 is 10.2 Å². The van der Waals surface area contributed by atoms with Crippen LogP contribution in [0, 0.1) is 5.92 Å². The van der Waals surface area contributed by atoms with Gasteiger partial charge in [0.05, 0.1) is 0 Å². The van der Waals surface area contributed by atoms with E-state index in [4.69, 9.17) is 0 Å². The van der Waals surface area contributed by atoms with Crippen molar-refractivity contribution in [1.82, 2.24) is 10.2 Å². The van der Waals surface area contributed by atoms with E-state index in [9.17, 15) is 0 Å². The van der Waals surface area contributed by atoms with Crippen LogP contribution in [-0.4, -0.2) is 37.6 Å². The minimum absolute atomic E-state index is 0.661. The fourth-order valence-electron chi connectivity index (χ4n) is 3.66. The minimum Gasteiger partial charge on any atom is -0.315 e. The van der Waals surface area contributed by atoms with Crippen LogP contribution >= 0.6 is 0 Å². The third-order valence-electron chi connectivity index (χ3n) is 4.69. The summed E-state index contributed by atoms with van der Waals surface area (Å²) in [6.07, 6.45) is 11.1. The summed E-state index contributed by atoms with van der Waals surface area (Å²) in [6, 6.07) is 1.37. The molecule has 1 aliphatic rings. The van der Waals surface area contributed by atoms with Gasteiger partial charge in [-0.3, -0.25) is 0 Å². The van der Waals surface area contributed by atoms with Gasteiger partial charge >= 0.3 is 0 Å². The Bertz CT molecular complexity index is 199. The first-order valence-electron chi connectivity index (χ1n) is 8.10. The molecule has 2 atom stereocenters. The zero-order valence-electron chi connectivity index (χ0n) is 13.0. The van der Waals surface area contributed by atoms with Gasteiger partial charge in [0.15, 0.2) is 0 Å². The summed E-state index contributed by atoms with van der Waals surface area (Å²) >= 11 is 0. The highest BCUT2D eigenvalue weighted by Crippen LogP contribution is 2.25. The minimum atomic E-state index is 0.661. The van der Waals surface area contributed by atoms with Crippen molar-refractivity contribution < 1.29 is 0 Å². The van der Waals surface area contributed by atoms with Crippen LogP contribution in [0.3, 0.4) is 0 Å². The van der Waals surface area contributed by atoms with Crippen molar-refractivity contribution in [1.29, 1.82) is 0 Å². The van der Waals surface area contributed by atoms with Crippen LogP contribution in [0.5, 0.6) is 0 Å². The van der Waals surface area contributed by atoms with Gasteiger partial charge in [0.1, 0.15) is 0 Å². The van der Waals surface area contributed by atoms with E-state index in [2.05, 4.69) is 38.2 Å². The number of rotatable bonds is 8. The molecule has 0 amide bonds. The van der Waals surface area contributed by atoms with Crippen LogP contribution in [0.1, 0.15) is 65.2 Å². The molecule has 1 fully saturated rings. The highest BCUT2D eigenvalue weighted by molar-refractivity contribution is 4.82. The van der Waals surface area contributed by atoms with Crippen molar-refractivity contribution in [2.75, 3.05) is 20.6 Å². The Morgan fingerprint density at radius 2 is 1.83 bits per heavy atom. The topological polar surface area (TPSA) is 15.3 Å². The van der Waals surface area contributed by atoms with E-state index in [1.807, 2.05) is 0 Å². The molecule has 108 valence electrons. The van der Waals surface area contributed by atoms with Gasteiger partial charge in [0.2, 0.25) is 0 Å². The molecular formula is C16H34N2. The molecule has 2 heteroatoms. The number of nitrogens with zero attached hydrogens (tertiary/aromatic N) is 1. The molecule has 0 saturated heterocycles. The lowest BCUT2D eigenvalue weighted by atomic mass is 9.88. The molecule has 0 radical (unpaired) electrons. The predicted octanol–water partition coefficient (Wildman–Crippen LogP) is 3.67. The van der Waals surface area contributed by atoms with Crippen LogP contribution in [-0.2, 0) is 0 Å². The van der Waals surface area contributed by atoms with Gasteiger partial charge in [-0.2, -0.15) is 0 Å². The summed E-state index contributed by atoms with van der Waals surface area (Å²) in [5.74, 6) is 0.955. The molecular weight excluding hydrogens is 220 g/mol. The monoisotopic (exact) mass is 254 g/mol. The second kappa shape index (κ2) is 8.92. The Balaban J connectivity index is 2.46. The van der Waals surface area contributed by atoms with Crippen molar-refractivity contribution >= 4 is 0 Å². The fraction of sp³-hybridized carbons (Fsp3) is 1.00. The molecule has 0 heterocycles. The zero-order valence-corrected chi connectivity index (χ0v) is 13.0. The van der Waals surface area contributed by atoms with E-state index >= 15 is 0 Å². The van der Waals surface area contributed by atoms with Gasteiger partial charge in [-0.25, -0.2) is 0 Å². The van der Waals surface area contributed by atoms with Crippen molar-refractivity contribution in [2.24, 2.45) is 5.92 Å². The van der Waals surface area contributed by atoms with E-state index in [0.717, 1.165) is 5.92 Å². The van der Waals surface area contributed by atoms with E-state index < -0.39 is 0 Å². The summed E-state index contributed by atoms with van der Waals surface area (Å²) in [5.41, 5.74) is 0. The number of likely N-dealkylation sites (N-methyl/N-ethyl adjacent to an activating group) is 2. The summed E-state index contributed by atoms with van der Waals surface area (Å²) in [5, 5.41) is 3.53. The molecule has 1 N–H and O–H groups in total. The van der Waals surface area contributed by atoms with Crippen LogP contribution in [0.4, 0.5) is 0 Å². The molecule has 0 aromatic rings.